The quantitative estimate of drug-likeness (QED) is 0.706. The van der Waals surface area contributed by atoms with Gasteiger partial charge in [0.25, 0.3) is 0 Å². The molecule has 96 valence electrons. The highest BCUT2D eigenvalue weighted by atomic mass is 16.5. The minimum Gasteiger partial charge on any atom is -0.497 e. The maximum Gasteiger partial charge on any atom is 0.150 e. The molecule has 0 aliphatic heterocycles. The summed E-state index contributed by atoms with van der Waals surface area (Å²) in [4.78, 5) is 14.6. The molecule has 0 spiro atoms. The Morgan fingerprint density at radius 2 is 2.00 bits per heavy atom. The summed E-state index contributed by atoms with van der Waals surface area (Å²) < 4.78 is 5.28. The summed E-state index contributed by atoms with van der Waals surface area (Å²) >= 11 is 0. The number of hydrogen-bond acceptors (Lipinski definition) is 2. The number of aromatic nitrogens is 1. The number of carbonyl (C=O) groups is 1. The van der Waals surface area contributed by atoms with Crippen molar-refractivity contribution in [2.24, 2.45) is 0 Å². The van der Waals surface area contributed by atoms with Gasteiger partial charge in [0, 0.05) is 27.4 Å². The molecule has 1 N–H and O–H groups in total. The van der Waals surface area contributed by atoms with Gasteiger partial charge in [-0.3, -0.25) is 4.79 Å². The minimum absolute atomic E-state index is 0.744. The van der Waals surface area contributed by atoms with Crippen LogP contribution in [0.4, 0.5) is 0 Å². The van der Waals surface area contributed by atoms with Gasteiger partial charge in [-0.2, -0.15) is 0 Å². The van der Waals surface area contributed by atoms with E-state index in [0.29, 0.717) is 0 Å². The average molecular weight is 253 g/mol. The Morgan fingerprint density at radius 3 is 2.68 bits per heavy atom. The Labute approximate surface area is 111 Å². The summed E-state index contributed by atoms with van der Waals surface area (Å²) in [6.45, 7) is 4.00. The Hall–Kier alpha value is -2.29. The van der Waals surface area contributed by atoms with Crippen LogP contribution in [0, 0.1) is 13.8 Å². The Morgan fingerprint density at radius 1 is 1.21 bits per heavy atom. The summed E-state index contributed by atoms with van der Waals surface area (Å²) in [6.07, 6.45) is 0.917. The van der Waals surface area contributed by atoms with E-state index in [0.717, 1.165) is 50.5 Å². The van der Waals surface area contributed by atoms with E-state index in [-0.39, 0.29) is 0 Å². The number of aldehydes is 1. The van der Waals surface area contributed by atoms with E-state index >= 15 is 0 Å². The van der Waals surface area contributed by atoms with Crippen molar-refractivity contribution in [1.29, 1.82) is 0 Å². The number of benzene rings is 2. The van der Waals surface area contributed by atoms with Crippen molar-refractivity contribution in [3.05, 3.63) is 41.0 Å². The van der Waals surface area contributed by atoms with E-state index in [1.54, 1.807) is 7.11 Å². The van der Waals surface area contributed by atoms with Crippen molar-refractivity contribution >= 4 is 28.1 Å². The third-order valence-electron chi connectivity index (χ3n) is 3.71. The van der Waals surface area contributed by atoms with Gasteiger partial charge in [0.15, 0.2) is 0 Å². The van der Waals surface area contributed by atoms with E-state index in [2.05, 4.69) is 4.98 Å². The molecule has 0 aliphatic carbocycles. The second-order valence-corrected chi connectivity index (χ2v) is 4.81. The first kappa shape index (κ1) is 11.8. The van der Waals surface area contributed by atoms with Crippen molar-refractivity contribution in [2.75, 3.05) is 7.11 Å². The van der Waals surface area contributed by atoms with Crippen molar-refractivity contribution in [3.8, 4) is 5.75 Å². The number of H-pyrrole nitrogens is 1. The molecule has 3 rings (SSSR count). The van der Waals surface area contributed by atoms with Crippen molar-refractivity contribution < 1.29 is 9.53 Å². The molecule has 0 radical (unpaired) electrons. The highest BCUT2D eigenvalue weighted by molar-refractivity contribution is 6.12. The van der Waals surface area contributed by atoms with E-state index in [1.165, 1.54) is 0 Å². The first-order valence-corrected chi connectivity index (χ1v) is 6.20. The van der Waals surface area contributed by atoms with Gasteiger partial charge in [0.1, 0.15) is 12.0 Å². The molecule has 1 heterocycles. The summed E-state index contributed by atoms with van der Waals surface area (Å²) in [5.74, 6) is 0.821. The summed E-state index contributed by atoms with van der Waals surface area (Å²) in [5.41, 5.74) is 4.98. The SMILES string of the molecule is COc1ccc2[nH]c3c(C)cc(C=O)c(C)c3c2c1. The Balaban J connectivity index is 2.53. The fourth-order valence-electron chi connectivity index (χ4n) is 2.66. The molecule has 0 saturated carbocycles. The van der Waals surface area contributed by atoms with Crippen LogP contribution < -0.4 is 4.74 Å². The molecular weight excluding hydrogens is 238 g/mol. The van der Waals surface area contributed by atoms with Crippen LogP contribution in [-0.2, 0) is 0 Å². The third-order valence-corrected chi connectivity index (χ3v) is 3.71. The van der Waals surface area contributed by atoms with Gasteiger partial charge in [0.2, 0.25) is 0 Å². The zero-order chi connectivity index (χ0) is 13.6. The van der Waals surface area contributed by atoms with Crippen molar-refractivity contribution in [2.45, 2.75) is 13.8 Å². The number of aryl methyl sites for hydroxylation is 2. The molecule has 0 bridgehead atoms. The smallest absolute Gasteiger partial charge is 0.150 e. The molecule has 19 heavy (non-hydrogen) atoms. The van der Waals surface area contributed by atoms with Gasteiger partial charge < -0.3 is 9.72 Å². The predicted octanol–water partition coefficient (Wildman–Crippen LogP) is 3.76. The van der Waals surface area contributed by atoms with Crippen LogP contribution in [0.5, 0.6) is 5.75 Å². The van der Waals surface area contributed by atoms with Crippen LogP contribution in [-0.4, -0.2) is 18.4 Å². The van der Waals surface area contributed by atoms with Crippen LogP contribution in [0.15, 0.2) is 24.3 Å². The maximum absolute atomic E-state index is 11.2. The van der Waals surface area contributed by atoms with Crippen LogP contribution in [0.3, 0.4) is 0 Å². The van der Waals surface area contributed by atoms with E-state index in [4.69, 9.17) is 4.74 Å². The lowest BCUT2D eigenvalue weighted by atomic mass is 9.99. The van der Waals surface area contributed by atoms with Crippen LogP contribution in [0.25, 0.3) is 21.8 Å². The fraction of sp³-hybridized carbons (Fsp3) is 0.188. The molecule has 0 saturated heterocycles. The Kier molecular flexibility index (Phi) is 2.56. The standard InChI is InChI=1S/C16H15NO2/c1-9-6-11(8-18)10(2)15-13-7-12(19-3)4-5-14(13)17-16(9)15/h4-8,17H,1-3H3. The third kappa shape index (κ3) is 1.62. The van der Waals surface area contributed by atoms with Gasteiger partial charge >= 0.3 is 0 Å². The lowest BCUT2D eigenvalue weighted by Gasteiger charge is -2.05. The lowest BCUT2D eigenvalue weighted by molar-refractivity contribution is 0.112. The number of ether oxygens (including phenoxy) is 1. The number of methoxy groups -OCH3 is 1. The normalized spacial score (nSPS) is 11.1. The zero-order valence-corrected chi connectivity index (χ0v) is 11.2. The van der Waals surface area contributed by atoms with Gasteiger partial charge in [-0.05, 0) is 49.2 Å². The van der Waals surface area contributed by atoms with Crippen molar-refractivity contribution in [1.82, 2.24) is 4.98 Å². The Bertz CT molecular complexity index is 799. The average Bonchev–Trinajstić information content (AvgIpc) is 2.81. The van der Waals surface area contributed by atoms with Crippen LogP contribution in [0.1, 0.15) is 21.5 Å². The second-order valence-electron chi connectivity index (χ2n) is 4.81. The molecular formula is C16H15NO2. The molecule has 2 aromatic carbocycles. The first-order valence-electron chi connectivity index (χ1n) is 6.20. The molecule has 1 aromatic heterocycles. The molecule has 0 amide bonds. The topological polar surface area (TPSA) is 42.1 Å². The molecule has 3 aromatic rings. The van der Waals surface area contributed by atoms with E-state index < -0.39 is 0 Å². The highest BCUT2D eigenvalue weighted by Crippen LogP contribution is 2.33. The van der Waals surface area contributed by atoms with E-state index in [9.17, 15) is 4.79 Å². The maximum atomic E-state index is 11.2. The number of fused-ring (bicyclic) bond motifs is 3. The van der Waals surface area contributed by atoms with Crippen LogP contribution >= 0.6 is 0 Å². The van der Waals surface area contributed by atoms with Crippen LogP contribution in [0.2, 0.25) is 0 Å². The molecule has 3 heteroatoms. The molecule has 0 atom stereocenters. The lowest BCUT2D eigenvalue weighted by Crippen LogP contribution is -1.90. The van der Waals surface area contributed by atoms with Crippen molar-refractivity contribution in [3.63, 3.8) is 0 Å². The monoisotopic (exact) mass is 253 g/mol. The van der Waals surface area contributed by atoms with Gasteiger partial charge in [-0.15, -0.1) is 0 Å². The van der Waals surface area contributed by atoms with Gasteiger partial charge in [0.05, 0.1) is 7.11 Å². The largest absolute Gasteiger partial charge is 0.497 e. The molecule has 3 nitrogen and oxygen atoms in total. The molecule has 0 aliphatic rings. The fourth-order valence-corrected chi connectivity index (χ4v) is 2.66. The number of hydrogen-bond donors (Lipinski definition) is 1. The second kappa shape index (κ2) is 4.12. The molecule has 0 unspecified atom stereocenters. The number of rotatable bonds is 2. The van der Waals surface area contributed by atoms with Gasteiger partial charge in [-0.1, -0.05) is 0 Å². The number of nitrogens with one attached hydrogen (secondary N) is 1. The first-order chi connectivity index (χ1) is 9.15. The summed E-state index contributed by atoms with van der Waals surface area (Å²) in [7, 11) is 1.66. The molecule has 0 fully saturated rings. The number of carbonyl (C=O) groups excluding carboxylic acids is 1. The predicted molar refractivity (Wildman–Crippen MR) is 77.2 cm³/mol. The number of aromatic amines is 1. The summed E-state index contributed by atoms with van der Waals surface area (Å²) in [6, 6.07) is 7.88. The van der Waals surface area contributed by atoms with Gasteiger partial charge in [-0.25, -0.2) is 0 Å². The minimum atomic E-state index is 0.744. The van der Waals surface area contributed by atoms with E-state index in [1.807, 2.05) is 38.1 Å². The highest BCUT2D eigenvalue weighted by Gasteiger charge is 2.12. The summed E-state index contributed by atoms with van der Waals surface area (Å²) in [5, 5.41) is 2.20. The zero-order valence-electron chi connectivity index (χ0n) is 11.2.